The minimum Gasteiger partial charge on any atom is -0.324 e. The van der Waals surface area contributed by atoms with Crippen molar-refractivity contribution in [2.45, 2.75) is 32.0 Å². The first-order valence-corrected chi connectivity index (χ1v) is 4.78. The summed E-state index contributed by atoms with van der Waals surface area (Å²) in [5.41, 5.74) is 7.43. The van der Waals surface area contributed by atoms with Gasteiger partial charge in [0.15, 0.2) is 0 Å². The van der Waals surface area contributed by atoms with Gasteiger partial charge in [-0.25, -0.2) is 0 Å². The second-order valence-corrected chi connectivity index (χ2v) is 3.62. The van der Waals surface area contributed by atoms with E-state index in [0.29, 0.717) is 0 Å². The first-order valence-electron chi connectivity index (χ1n) is 4.78. The van der Waals surface area contributed by atoms with Crippen molar-refractivity contribution in [1.29, 1.82) is 0 Å². The molecule has 1 unspecified atom stereocenters. The molecule has 0 amide bonds. The van der Waals surface area contributed by atoms with Crippen LogP contribution in [-0.4, -0.2) is 6.18 Å². The van der Waals surface area contributed by atoms with Gasteiger partial charge in [-0.05, 0) is 24.5 Å². The molecule has 1 nitrogen and oxygen atoms in total. The smallest absolute Gasteiger partial charge is 0.324 e. The molecule has 0 heterocycles. The summed E-state index contributed by atoms with van der Waals surface area (Å²) in [6.45, 7) is 1.85. The highest BCUT2D eigenvalue weighted by atomic mass is 19.4. The molecule has 0 radical (unpaired) electrons. The Morgan fingerprint density at radius 2 is 1.87 bits per heavy atom. The van der Waals surface area contributed by atoms with Crippen LogP contribution in [0, 0.1) is 6.92 Å². The number of hydrogen-bond donors (Lipinski definition) is 1. The number of rotatable bonds is 3. The lowest BCUT2D eigenvalue weighted by molar-refractivity contribution is -0.136. The molecule has 1 atom stereocenters. The average Bonchev–Trinajstić information content (AvgIpc) is 2.14. The topological polar surface area (TPSA) is 26.0 Å². The van der Waals surface area contributed by atoms with Gasteiger partial charge in [-0.15, -0.1) is 0 Å². The number of hydrogen-bond acceptors (Lipinski definition) is 1. The molecule has 0 aliphatic heterocycles. The van der Waals surface area contributed by atoms with Crippen molar-refractivity contribution in [2.75, 3.05) is 0 Å². The van der Waals surface area contributed by atoms with Gasteiger partial charge in [0.25, 0.3) is 0 Å². The Balaban J connectivity index is 2.62. The van der Waals surface area contributed by atoms with Crippen LogP contribution < -0.4 is 5.73 Å². The Morgan fingerprint density at radius 1 is 1.27 bits per heavy atom. The second kappa shape index (κ2) is 4.66. The second-order valence-electron chi connectivity index (χ2n) is 3.62. The molecule has 2 N–H and O–H groups in total. The molecule has 0 aliphatic carbocycles. The van der Waals surface area contributed by atoms with Gasteiger partial charge in [0.2, 0.25) is 0 Å². The van der Waals surface area contributed by atoms with Crippen LogP contribution in [0.1, 0.15) is 30.0 Å². The van der Waals surface area contributed by atoms with Crippen LogP contribution >= 0.6 is 0 Å². The van der Waals surface area contributed by atoms with Gasteiger partial charge in [-0.1, -0.05) is 24.3 Å². The largest absolute Gasteiger partial charge is 0.389 e. The lowest BCUT2D eigenvalue weighted by Crippen LogP contribution is -2.16. The van der Waals surface area contributed by atoms with Crippen LogP contribution in [0.15, 0.2) is 24.3 Å². The highest BCUT2D eigenvalue weighted by Crippen LogP contribution is 2.27. The van der Waals surface area contributed by atoms with Crippen LogP contribution in [0.4, 0.5) is 13.2 Å². The Morgan fingerprint density at radius 3 is 2.40 bits per heavy atom. The minimum atomic E-state index is -4.12. The summed E-state index contributed by atoms with van der Waals surface area (Å²) in [6.07, 6.45) is -5.02. The Hall–Kier alpha value is -1.03. The predicted octanol–water partition coefficient (Wildman–Crippen LogP) is 3.34. The zero-order chi connectivity index (χ0) is 11.5. The van der Waals surface area contributed by atoms with Crippen molar-refractivity contribution in [2.24, 2.45) is 5.73 Å². The minimum absolute atomic E-state index is 0.0612. The molecular weight excluding hydrogens is 203 g/mol. The Kier molecular flexibility index (Phi) is 3.74. The molecule has 0 aromatic heterocycles. The van der Waals surface area contributed by atoms with E-state index < -0.39 is 18.6 Å². The summed E-state index contributed by atoms with van der Waals surface area (Å²) in [4.78, 5) is 0. The van der Waals surface area contributed by atoms with E-state index in [2.05, 4.69) is 0 Å². The molecule has 0 aliphatic rings. The SMILES string of the molecule is Cc1ccccc1C(N)CCC(F)(F)F. The molecular formula is C11H14F3N. The van der Waals surface area contributed by atoms with Gasteiger partial charge in [0.05, 0.1) is 0 Å². The fourth-order valence-corrected chi connectivity index (χ4v) is 1.48. The fraction of sp³-hybridized carbons (Fsp3) is 0.455. The van der Waals surface area contributed by atoms with E-state index in [1.165, 1.54) is 0 Å². The van der Waals surface area contributed by atoms with E-state index in [0.717, 1.165) is 11.1 Å². The summed E-state index contributed by atoms with van der Waals surface area (Å²) in [5, 5.41) is 0. The van der Waals surface area contributed by atoms with E-state index >= 15 is 0 Å². The van der Waals surface area contributed by atoms with Crippen LogP contribution in [0.5, 0.6) is 0 Å². The van der Waals surface area contributed by atoms with E-state index in [1.54, 1.807) is 12.1 Å². The zero-order valence-corrected chi connectivity index (χ0v) is 8.51. The third kappa shape index (κ3) is 3.91. The lowest BCUT2D eigenvalue weighted by Gasteiger charge is -2.15. The normalized spacial score (nSPS) is 13.9. The third-order valence-electron chi connectivity index (χ3n) is 2.33. The number of nitrogens with two attached hydrogens (primary N) is 1. The van der Waals surface area contributed by atoms with Gasteiger partial charge >= 0.3 is 6.18 Å². The summed E-state index contributed by atoms with van der Waals surface area (Å²) in [7, 11) is 0. The van der Waals surface area contributed by atoms with Crippen molar-refractivity contribution >= 4 is 0 Å². The molecule has 0 bridgehead atoms. The molecule has 4 heteroatoms. The molecule has 1 rings (SSSR count). The summed E-state index contributed by atoms with van der Waals surface area (Å²) < 4.78 is 35.9. The van der Waals surface area contributed by atoms with Gasteiger partial charge < -0.3 is 5.73 Å². The van der Waals surface area contributed by atoms with E-state index in [-0.39, 0.29) is 6.42 Å². The highest BCUT2D eigenvalue weighted by molar-refractivity contribution is 5.28. The van der Waals surface area contributed by atoms with E-state index in [9.17, 15) is 13.2 Å². The van der Waals surface area contributed by atoms with Gasteiger partial charge in [0, 0.05) is 12.5 Å². The van der Waals surface area contributed by atoms with Crippen LogP contribution in [0.2, 0.25) is 0 Å². The maximum absolute atomic E-state index is 12.0. The van der Waals surface area contributed by atoms with Crippen LogP contribution in [0.25, 0.3) is 0 Å². The zero-order valence-electron chi connectivity index (χ0n) is 8.51. The standard InChI is InChI=1S/C11H14F3N/c1-8-4-2-3-5-9(8)10(15)6-7-11(12,13)14/h2-5,10H,6-7,15H2,1H3. The molecule has 1 aromatic carbocycles. The average molecular weight is 217 g/mol. The monoisotopic (exact) mass is 217 g/mol. The van der Waals surface area contributed by atoms with Crippen molar-refractivity contribution in [3.05, 3.63) is 35.4 Å². The molecule has 0 fully saturated rings. The lowest BCUT2D eigenvalue weighted by atomic mass is 9.98. The van der Waals surface area contributed by atoms with Crippen molar-refractivity contribution in [1.82, 2.24) is 0 Å². The molecule has 0 saturated carbocycles. The maximum Gasteiger partial charge on any atom is 0.389 e. The van der Waals surface area contributed by atoms with Crippen LogP contribution in [-0.2, 0) is 0 Å². The predicted molar refractivity (Wildman–Crippen MR) is 53.4 cm³/mol. The van der Waals surface area contributed by atoms with E-state index in [4.69, 9.17) is 5.73 Å². The molecule has 1 aromatic rings. The molecule has 84 valence electrons. The number of benzene rings is 1. The molecule has 0 saturated heterocycles. The quantitative estimate of drug-likeness (QED) is 0.825. The Labute approximate surface area is 87.1 Å². The number of halogens is 3. The number of aryl methyl sites for hydroxylation is 1. The molecule has 15 heavy (non-hydrogen) atoms. The first-order chi connectivity index (χ1) is 6.90. The maximum atomic E-state index is 12.0. The van der Waals surface area contributed by atoms with Gasteiger partial charge in [-0.2, -0.15) is 13.2 Å². The third-order valence-corrected chi connectivity index (χ3v) is 2.33. The summed E-state index contributed by atoms with van der Waals surface area (Å²) in [6, 6.07) is 6.72. The van der Waals surface area contributed by atoms with Gasteiger partial charge in [0.1, 0.15) is 0 Å². The number of alkyl halides is 3. The Bertz CT molecular complexity index is 320. The van der Waals surface area contributed by atoms with Crippen LogP contribution in [0.3, 0.4) is 0 Å². The fourth-order valence-electron chi connectivity index (χ4n) is 1.48. The van der Waals surface area contributed by atoms with Crippen molar-refractivity contribution < 1.29 is 13.2 Å². The van der Waals surface area contributed by atoms with Crippen molar-refractivity contribution in [3.8, 4) is 0 Å². The molecule has 0 spiro atoms. The van der Waals surface area contributed by atoms with E-state index in [1.807, 2.05) is 19.1 Å². The van der Waals surface area contributed by atoms with Crippen molar-refractivity contribution in [3.63, 3.8) is 0 Å². The first kappa shape index (κ1) is 12.0. The highest BCUT2D eigenvalue weighted by Gasteiger charge is 2.27. The summed E-state index contributed by atoms with van der Waals surface area (Å²) in [5.74, 6) is 0. The van der Waals surface area contributed by atoms with Gasteiger partial charge in [-0.3, -0.25) is 0 Å². The summed E-state index contributed by atoms with van der Waals surface area (Å²) >= 11 is 0.